The van der Waals surface area contributed by atoms with Gasteiger partial charge in [0.1, 0.15) is 0 Å². The number of aryl methyl sites for hydroxylation is 2. The van der Waals surface area contributed by atoms with Crippen molar-refractivity contribution in [3.8, 4) is 0 Å². The molecule has 1 N–H and O–H groups in total. The van der Waals surface area contributed by atoms with Crippen LogP contribution in [0.3, 0.4) is 0 Å². The van der Waals surface area contributed by atoms with E-state index >= 15 is 0 Å². The van der Waals surface area contributed by atoms with Crippen LogP contribution in [0.2, 0.25) is 0 Å². The van der Waals surface area contributed by atoms with E-state index in [-0.39, 0.29) is 29.7 Å². The van der Waals surface area contributed by atoms with Crippen molar-refractivity contribution < 1.29 is 14.1 Å². The van der Waals surface area contributed by atoms with Gasteiger partial charge >= 0.3 is 0 Å². The van der Waals surface area contributed by atoms with Crippen LogP contribution >= 0.6 is 0 Å². The lowest BCUT2D eigenvalue weighted by Gasteiger charge is -2.26. The Hall–Kier alpha value is -2.77. The molecular formula is C21H27N5O3. The number of pyridine rings is 1. The molecule has 8 nitrogen and oxygen atoms in total. The molecule has 1 saturated heterocycles. The summed E-state index contributed by atoms with van der Waals surface area (Å²) in [5.74, 6) is 1.29. The third-order valence-corrected chi connectivity index (χ3v) is 6.14. The Morgan fingerprint density at radius 3 is 2.72 bits per heavy atom. The topological polar surface area (TPSA) is 101 Å². The minimum Gasteiger partial charge on any atom is -0.349 e. The van der Waals surface area contributed by atoms with Crippen LogP contribution in [-0.2, 0) is 10.2 Å². The van der Waals surface area contributed by atoms with Gasteiger partial charge < -0.3 is 14.7 Å². The molecule has 1 aliphatic carbocycles. The normalized spacial score (nSPS) is 26.0. The lowest BCUT2D eigenvalue weighted by Crippen LogP contribution is -2.40. The molecule has 4 rings (SSSR count). The lowest BCUT2D eigenvalue weighted by atomic mass is 9.80. The van der Waals surface area contributed by atoms with Gasteiger partial charge in [-0.25, -0.2) is 0 Å². The number of hydrogen-bond donors (Lipinski definition) is 1. The number of carbonyl (C=O) groups excluding carboxylic acids is 2. The standard InChI is InChI=1S/C21H27N5O3/c1-12(2)19(28)26-10-16-7-17(24-18(27)15-6-5-13(3)22-9-15)8-21(16,11-26)20-23-14(4)25-29-20/h5-6,9,12,16-17H,7-8,10-11H2,1-4H3,(H,24,27). The van der Waals surface area contributed by atoms with Crippen LogP contribution in [0, 0.1) is 25.7 Å². The first kappa shape index (κ1) is 19.5. The first-order valence-corrected chi connectivity index (χ1v) is 10.1. The van der Waals surface area contributed by atoms with E-state index in [0.29, 0.717) is 36.8 Å². The molecule has 0 spiro atoms. The first-order chi connectivity index (χ1) is 13.8. The van der Waals surface area contributed by atoms with Crippen molar-refractivity contribution in [3.63, 3.8) is 0 Å². The minimum absolute atomic E-state index is 0.0164. The average Bonchev–Trinajstić information content (AvgIpc) is 3.34. The van der Waals surface area contributed by atoms with E-state index in [2.05, 4.69) is 20.4 Å². The summed E-state index contributed by atoms with van der Waals surface area (Å²) in [6, 6.07) is 3.60. The fourth-order valence-corrected chi connectivity index (χ4v) is 4.72. The van der Waals surface area contributed by atoms with Crippen LogP contribution in [0.1, 0.15) is 54.5 Å². The summed E-state index contributed by atoms with van der Waals surface area (Å²) in [4.78, 5) is 35.9. The summed E-state index contributed by atoms with van der Waals surface area (Å²) in [6.45, 7) is 8.71. The molecular weight excluding hydrogens is 370 g/mol. The first-order valence-electron chi connectivity index (χ1n) is 10.1. The van der Waals surface area contributed by atoms with Crippen molar-refractivity contribution in [2.24, 2.45) is 11.8 Å². The molecule has 0 aromatic carbocycles. The maximum Gasteiger partial charge on any atom is 0.253 e. The summed E-state index contributed by atoms with van der Waals surface area (Å²) in [5, 5.41) is 7.12. The number of nitrogens with one attached hydrogen (secondary N) is 1. The largest absolute Gasteiger partial charge is 0.349 e. The van der Waals surface area contributed by atoms with E-state index in [1.165, 1.54) is 0 Å². The predicted octanol–water partition coefficient (Wildman–Crippen LogP) is 2.03. The SMILES string of the molecule is Cc1ccc(C(=O)NC2CC3CN(C(=O)C(C)C)CC3(c3nc(C)no3)C2)cn1. The number of likely N-dealkylation sites (tertiary alicyclic amines) is 1. The van der Waals surface area contributed by atoms with Gasteiger partial charge in [-0.1, -0.05) is 19.0 Å². The molecule has 2 amide bonds. The highest BCUT2D eigenvalue weighted by atomic mass is 16.5. The van der Waals surface area contributed by atoms with Crippen molar-refractivity contribution >= 4 is 11.8 Å². The van der Waals surface area contributed by atoms with Crippen LogP contribution in [0.15, 0.2) is 22.9 Å². The van der Waals surface area contributed by atoms with Gasteiger partial charge in [-0.15, -0.1) is 0 Å². The predicted molar refractivity (Wildman–Crippen MR) is 105 cm³/mol. The highest BCUT2D eigenvalue weighted by molar-refractivity contribution is 5.94. The Kier molecular flexibility index (Phi) is 4.88. The zero-order valence-corrected chi connectivity index (χ0v) is 17.3. The van der Waals surface area contributed by atoms with E-state index < -0.39 is 5.41 Å². The Balaban J connectivity index is 1.55. The molecule has 3 heterocycles. The second kappa shape index (κ2) is 7.24. The molecule has 1 saturated carbocycles. The third-order valence-electron chi connectivity index (χ3n) is 6.14. The van der Waals surface area contributed by atoms with Gasteiger partial charge in [0.25, 0.3) is 5.91 Å². The fraction of sp³-hybridized carbons (Fsp3) is 0.571. The molecule has 0 bridgehead atoms. The fourth-order valence-electron chi connectivity index (χ4n) is 4.72. The molecule has 2 aliphatic rings. The van der Waals surface area contributed by atoms with Crippen LogP contribution < -0.4 is 5.32 Å². The van der Waals surface area contributed by atoms with Crippen molar-refractivity contribution in [2.45, 2.75) is 52.0 Å². The summed E-state index contributed by atoms with van der Waals surface area (Å²) in [7, 11) is 0. The number of nitrogens with zero attached hydrogens (tertiary/aromatic N) is 4. The molecule has 2 aromatic heterocycles. The van der Waals surface area contributed by atoms with Crippen molar-refractivity contribution in [1.82, 2.24) is 25.3 Å². The van der Waals surface area contributed by atoms with Gasteiger partial charge in [-0.2, -0.15) is 4.98 Å². The van der Waals surface area contributed by atoms with E-state index in [9.17, 15) is 9.59 Å². The van der Waals surface area contributed by atoms with Crippen molar-refractivity contribution in [1.29, 1.82) is 0 Å². The summed E-state index contributed by atoms with van der Waals surface area (Å²) < 4.78 is 5.57. The smallest absolute Gasteiger partial charge is 0.253 e. The number of aromatic nitrogens is 3. The van der Waals surface area contributed by atoms with Crippen LogP contribution in [0.25, 0.3) is 0 Å². The highest BCUT2D eigenvalue weighted by Gasteiger charge is 2.58. The van der Waals surface area contributed by atoms with E-state index in [1.807, 2.05) is 31.7 Å². The molecule has 8 heteroatoms. The summed E-state index contributed by atoms with van der Waals surface area (Å²) in [6.07, 6.45) is 3.04. The molecule has 29 heavy (non-hydrogen) atoms. The van der Waals surface area contributed by atoms with Gasteiger partial charge in [-0.05, 0) is 44.7 Å². The Labute approximate surface area is 170 Å². The summed E-state index contributed by atoms with van der Waals surface area (Å²) >= 11 is 0. The molecule has 3 atom stereocenters. The van der Waals surface area contributed by atoms with Gasteiger partial charge in [-0.3, -0.25) is 14.6 Å². The van der Waals surface area contributed by atoms with Gasteiger partial charge in [0, 0.05) is 36.9 Å². The molecule has 1 aliphatic heterocycles. The number of carbonyl (C=O) groups is 2. The van der Waals surface area contributed by atoms with Gasteiger partial charge in [0.05, 0.1) is 11.0 Å². The minimum atomic E-state index is -0.407. The second-order valence-electron chi connectivity index (χ2n) is 8.67. The Bertz CT molecular complexity index is 923. The maximum absolute atomic E-state index is 12.7. The maximum atomic E-state index is 12.7. The van der Waals surface area contributed by atoms with Gasteiger partial charge in [0.15, 0.2) is 5.82 Å². The summed E-state index contributed by atoms with van der Waals surface area (Å²) in [5.41, 5.74) is 1.01. The Morgan fingerprint density at radius 1 is 1.31 bits per heavy atom. The van der Waals surface area contributed by atoms with Crippen LogP contribution in [0.5, 0.6) is 0 Å². The molecule has 0 radical (unpaired) electrons. The quantitative estimate of drug-likeness (QED) is 0.847. The lowest BCUT2D eigenvalue weighted by molar-refractivity contribution is -0.133. The van der Waals surface area contributed by atoms with E-state index in [1.54, 1.807) is 19.2 Å². The van der Waals surface area contributed by atoms with Crippen LogP contribution in [-0.4, -0.2) is 51.0 Å². The van der Waals surface area contributed by atoms with Gasteiger partial charge in [0.2, 0.25) is 11.8 Å². The third kappa shape index (κ3) is 3.52. The Morgan fingerprint density at radius 2 is 2.10 bits per heavy atom. The highest BCUT2D eigenvalue weighted by Crippen LogP contribution is 2.50. The average molecular weight is 397 g/mol. The van der Waals surface area contributed by atoms with Crippen molar-refractivity contribution in [2.75, 3.05) is 13.1 Å². The number of rotatable bonds is 4. The van der Waals surface area contributed by atoms with Crippen molar-refractivity contribution in [3.05, 3.63) is 41.3 Å². The van der Waals surface area contributed by atoms with Crippen LogP contribution in [0.4, 0.5) is 0 Å². The van der Waals surface area contributed by atoms with E-state index in [0.717, 1.165) is 12.1 Å². The number of fused-ring (bicyclic) bond motifs is 1. The second-order valence-corrected chi connectivity index (χ2v) is 8.67. The molecule has 3 unspecified atom stereocenters. The molecule has 154 valence electrons. The zero-order valence-electron chi connectivity index (χ0n) is 17.3. The molecule has 2 fully saturated rings. The molecule has 2 aromatic rings. The number of amides is 2. The monoisotopic (exact) mass is 397 g/mol. The zero-order chi connectivity index (χ0) is 20.8. The van der Waals surface area contributed by atoms with E-state index in [4.69, 9.17) is 4.52 Å². The number of hydrogen-bond acceptors (Lipinski definition) is 6.